The van der Waals surface area contributed by atoms with Crippen LogP contribution in [0, 0.1) is 0 Å². The fourth-order valence-electron chi connectivity index (χ4n) is 0.826. The second-order valence-electron chi connectivity index (χ2n) is 2.37. The number of nitrogens with two attached hydrogens (primary N) is 1. The molecule has 0 heterocycles. The average molecular weight is 188 g/mol. The van der Waals surface area contributed by atoms with E-state index in [4.69, 9.17) is 5.73 Å². The maximum absolute atomic E-state index is 11.7. The molecule has 0 amide bonds. The highest BCUT2D eigenvalue weighted by Gasteiger charge is 2.29. The number of hydrogen-bond acceptors (Lipinski definition) is 2. The zero-order valence-electron chi connectivity index (χ0n) is 6.57. The van der Waals surface area contributed by atoms with Crippen LogP contribution in [-0.2, 0) is 0 Å². The van der Waals surface area contributed by atoms with E-state index < -0.39 is 19.4 Å². The fraction of sp³-hybridized carbons (Fsp3) is 1.00. The van der Waals surface area contributed by atoms with Crippen molar-refractivity contribution in [2.45, 2.75) is 6.18 Å². The molecule has 12 heavy (non-hydrogen) atoms. The third-order valence-electron chi connectivity index (χ3n) is 1.25. The van der Waals surface area contributed by atoms with Gasteiger partial charge >= 0.3 is 6.18 Å². The SMILES string of the molecule is NCCN(CCF)CC(F)(F)F. The van der Waals surface area contributed by atoms with E-state index in [2.05, 4.69) is 0 Å². The maximum Gasteiger partial charge on any atom is 0.401 e. The van der Waals surface area contributed by atoms with Gasteiger partial charge in [-0.25, -0.2) is 4.39 Å². The van der Waals surface area contributed by atoms with Crippen molar-refractivity contribution in [3.8, 4) is 0 Å². The van der Waals surface area contributed by atoms with E-state index in [9.17, 15) is 17.6 Å². The van der Waals surface area contributed by atoms with E-state index in [0.717, 1.165) is 4.90 Å². The molecule has 0 atom stereocenters. The Kier molecular flexibility index (Phi) is 5.16. The van der Waals surface area contributed by atoms with E-state index in [1.54, 1.807) is 0 Å². The van der Waals surface area contributed by atoms with Gasteiger partial charge in [0, 0.05) is 19.6 Å². The molecule has 0 aromatic carbocycles. The molecule has 0 fully saturated rings. The van der Waals surface area contributed by atoms with Gasteiger partial charge in [-0.2, -0.15) is 13.2 Å². The van der Waals surface area contributed by atoms with Crippen LogP contribution in [0.5, 0.6) is 0 Å². The van der Waals surface area contributed by atoms with Crippen molar-refractivity contribution in [2.75, 3.05) is 32.9 Å². The van der Waals surface area contributed by atoms with Crippen LogP contribution in [-0.4, -0.2) is 43.9 Å². The van der Waals surface area contributed by atoms with Gasteiger partial charge in [0.1, 0.15) is 6.67 Å². The predicted molar refractivity (Wildman–Crippen MR) is 37.5 cm³/mol. The summed E-state index contributed by atoms with van der Waals surface area (Å²) in [5, 5.41) is 0. The summed E-state index contributed by atoms with van der Waals surface area (Å²) in [6.07, 6.45) is -4.27. The minimum atomic E-state index is -4.27. The lowest BCUT2D eigenvalue weighted by molar-refractivity contribution is -0.145. The Labute approximate surface area is 68.3 Å². The number of rotatable bonds is 5. The van der Waals surface area contributed by atoms with Crippen LogP contribution in [0.4, 0.5) is 17.6 Å². The Morgan fingerprint density at radius 3 is 2.08 bits per heavy atom. The topological polar surface area (TPSA) is 29.3 Å². The van der Waals surface area contributed by atoms with Crippen LogP contribution < -0.4 is 5.73 Å². The molecule has 0 aliphatic rings. The Bertz CT molecular complexity index is 109. The molecule has 0 spiro atoms. The highest BCUT2D eigenvalue weighted by molar-refractivity contribution is 4.62. The van der Waals surface area contributed by atoms with Crippen molar-refractivity contribution in [2.24, 2.45) is 5.73 Å². The number of nitrogens with zero attached hydrogens (tertiary/aromatic N) is 1. The largest absolute Gasteiger partial charge is 0.401 e. The molecule has 0 saturated heterocycles. The second kappa shape index (κ2) is 5.31. The summed E-state index contributed by atoms with van der Waals surface area (Å²) in [6.45, 7) is -1.90. The Hall–Kier alpha value is -0.360. The van der Waals surface area contributed by atoms with Crippen molar-refractivity contribution >= 4 is 0 Å². The monoisotopic (exact) mass is 188 g/mol. The maximum atomic E-state index is 11.7. The molecule has 0 aromatic rings. The number of halogens is 4. The van der Waals surface area contributed by atoms with Gasteiger partial charge in [0.2, 0.25) is 0 Å². The van der Waals surface area contributed by atoms with Gasteiger partial charge in [0.25, 0.3) is 0 Å². The molecule has 2 nitrogen and oxygen atoms in total. The smallest absolute Gasteiger partial charge is 0.329 e. The van der Waals surface area contributed by atoms with Crippen LogP contribution in [0.3, 0.4) is 0 Å². The van der Waals surface area contributed by atoms with Gasteiger partial charge in [-0.05, 0) is 0 Å². The van der Waals surface area contributed by atoms with Crippen molar-refractivity contribution in [1.29, 1.82) is 0 Å². The lowest BCUT2D eigenvalue weighted by Crippen LogP contribution is -2.38. The molecule has 0 aromatic heterocycles. The van der Waals surface area contributed by atoms with Gasteiger partial charge in [-0.15, -0.1) is 0 Å². The van der Waals surface area contributed by atoms with Crippen molar-refractivity contribution in [3.05, 3.63) is 0 Å². The molecule has 0 radical (unpaired) electrons. The van der Waals surface area contributed by atoms with Crippen molar-refractivity contribution < 1.29 is 17.6 Å². The normalized spacial score (nSPS) is 12.5. The summed E-state index contributed by atoms with van der Waals surface area (Å²) >= 11 is 0. The molecular weight excluding hydrogens is 176 g/mol. The molecule has 0 saturated carbocycles. The van der Waals surface area contributed by atoms with Crippen LogP contribution in [0.15, 0.2) is 0 Å². The first-order chi connectivity index (χ1) is 5.49. The standard InChI is InChI=1S/C6H12F4N2/c7-1-3-12(4-2-11)5-6(8,9)10/h1-5,11H2. The number of hydrogen-bond donors (Lipinski definition) is 1. The first-order valence-electron chi connectivity index (χ1n) is 3.54. The molecule has 0 unspecified atom stereocenters. The lowest BCUT2D eigenvalue weighted by atomic mass is 10.4. The van der Waals surface area contributed by atoms with E-state index in [-0.39, 0.29) is 19.6 Å². The van der Waals surface area contributed by atoms with Gasteiger partial charge in [-0.1, -0.05) is 0 Å². The first-order valence-corrected chi connectivity index (χ1v) is 3.54. The number of alkyl halides is 4. The molecule has 0 aliphatic heterocycles. The highest BCUT2D eigenvalue weighted by Crippen LogP contribution is 2.15. The Balaban J connectivity index is 3.77. The van der Waals surface area contributed by atoms with Crippen molar-refractivity contribution in [3.63, 3.8) is 0 Å². The summed E-state index contributed by atoms with van der Waals surface area (Å²) < 4.78 is 46.9. The summed E-state index contributed by atoms with van der Waals surface area (Å²) in [5.74, 6) is 0. The van der Waals surface area contributed by atoms with Crippen LogP contribution >= 0.6 is 0 Å². The molecule has 74 valence electrons. The zero-order valence-corrected chi connectivity index (χ0v) is 6.57. The van der Waals surface area contributed by atoms with Crippen LogP contribution in [0.1, 0.15) is 0 Å². The quantitative estimate of drug-likeness (QED) is 0.646. The molecule has 0 bridgehead atoms. The molecule has 2 N–H and O–H groups in total. The molecule has 6 heteroatoms. The van der Waals surface area contributed by atoms with E-state index >= 15 is 0 Å². The molecule has 0 rings (SSSR count). The molecule has 0 aliphatic carbocycles. The first kappa shape index (κ1) is 11.6. The summed E-state index contributed by atoms with van der Waals surface area (Å²) in [6, 6.07) is 0. The summed E-state index contributed by atoms with van der Waals surface area (Å²) in [7, 11) is 0. The predicted octanol–water partition coefficient (Wildman–Crippen LogP) is 0.779. The van der Waals surface area contributed by atoms with Crippen LogP contribution in [0.2, 0.25) is 0 Å². The lowest BCUT2D eigenvalue weighted by Gasteiger charge is -2.21. The van der Waals surface area contributed by atoms with Gasteiger partial charge in [0.15, 0.2) is 0 Å². The van der Waals surface area contributed by atoms with E-state index in [1.165, 1.54) is 0 Å². The third-order valence-corrected chi connectivity index (χ3v) is 1.25. The highest BCUT2D eigenvalue weighted by atomic mass is 19.4. The average Bonchev–Trinajstić information content (AvgIpc) is 1.84. The summed E-state index contributed by atoms with van der Waals surface area (Å²) in [5.41, 5.74) is 5.05. The Morgan fingerprint density at radius 2 is 1.75 bits per heavy atom. The minimum Gasteiger partial charge on any atom is -0.329 e. The fourth-order valence-corrected chi connectivity index (χ4v) is 0.826. The second-order valence-corrected chi connectivity index (χ2v) is 2.37. The van der Waals surface area contributed by atoms with Gasteiger partial charge in [-0.3, -0.25) is 4.90 Å². The van der Waals surface area contributed by atoms with Gasteiger partial charge in [0.05, 0.1) is 6.54 Å². The zero-order chi connectivity index (χ0) is 9.61. The minimum absolute atomic E-state index is 0.0728. The van der Waals surface area contributed by atoms with Crippen LogP contribution in [0.25, 0.3) is 0 Å². The van der Waals surface area contributed by atoms with E-state index in [0.29, 0.717) is 0 Å². The van der Waals surface area contributed by atoms with Crippen molar-refractivity contribution in [1.82, 2.24) is 4.90 Å². The Morgan fingerprint density at radius 1 is 1.17 bits per heavy atom. The molecular formula is C6H12F4N2. The van der Waals surface area contributed by atoms with Gasteiger partial charge < -0.3 is 5.73 Å². The van der Waals surface area contributed by atoms with E-state index in [1.807, 2.05) is 0 Å². The third kappa shape index (κ3) is 6.36. The summed E-state index contributed by atoms with van der Waals surface area (Å²) in [4.78, 5) is 0.944.